The van der Waals surface area contributed by atoms with E-state index in [1.54, 1.807) is 0 Å². The Morgan fingerprint density at radius 2 is 2.36 bits per heavy atom. The summed E-state index contributed by atoms with van der Waals surface area (Å²) in [5, 5.41) is 5.32. The lowest BCUT2D eigenvalue weighted by Gasteiger charge is -2.10. The molecule has 1 aliphatic heterocycles. The topological polar surface area (TPSA) is 12.0 Å². The van der Waals surface area contributed by atoms with E-state index in [-0.39, 0.29) is 0 Å². The van der Waals surface area contributed by atoms with Gasteiger partial charge in [0, 0.05) is 16.3 Å². The minimum absolute atomic E-state index is 0.399. The predicted octanol–water partition coefficient (Wildman–Crippen LogP) is 3.83. The molecular formula is C10H11BrClNS. The largest absolute Gasteiger partial charge is 0.301 e. The highest BCUT2D eigenvalue weighted by Crippen LogP contribution is 2.36. The molecule has 0 amide bonds. The quantitative estimate of drug-likeness (QED) is 0.844. The summed E-state index contributed by atoms with van der Waals surface area (Å²) in [5.74, 6) is 0. The molecule has 1 nitrogen and oxygen atoms in total. The normalized spacial score (nSPS) is 26.8. The Kier molecular flexibility index (Phi) is 3.42. The van der Waals surface area contributed by atoms with Gasteiger partial charge in [-0.1, -0.05) is 24.6 Å². The van der Waals surface area contributed by atoms with Crippen molar-refractivity contribution in [2.45, 2.75) is 17.5 Å². The molecule has 4 heteroatoms. The molecule has 1 aliphatic rings. The molecule has 1 N–H and O–H groups in total. The monoisotopic (exact) mass is 291 g/mol. The molecule has 0 spiro atoms. The van der Waals surface area contributed by atoms with Crippen molar-refractivity contribution in [2.75, 3.05) is 6.54 Å². The molecule has 2 unspecified atom stereocenters. The van der Waals surface area contributed by atoms with E-state index in [9.17, 15) is 0 Å². The Hall–Kier alpha value is 0.300. The summed E-state index contributed by atoms with van der Waals surface area (Å²) in [6.07, 6.45) is 0. The summed E-state index contributed by atoms with van der Waals surface area (Å²) in [6.45, 7) is 3.31. The van der Waals surface area contributed by atoms with Crippen LogP contribution in [0, 0.1) is 0 Å². The first-order chi connectivity index (χ1) is 6.66. The van der Waals surface area contributed by atoms with Crippen molar-refractivity contribution >= 4 is 39.3 Å². The van der Waals surface area contributed by atoms with Crippen LogP contribution in [-0.2, 0) is 0 Å². The van der Waals surface area contributed by atoms with Crippen molar-refractivity contribution in [3.05, 3.63) is 33.3 Å². The number of thioether (sulfide) groups is 1. The SMILES string of the molecule is CC1CNC(c2ccc(Br)c(Cl)c2)S1. The van der Waals surface area contributed by atoms with E-state index in [0.717, 1.165) is 16.0 Å². The molecule has 1 fully saturated rings. The molecular weight excluding hydrogens is 282 g/mol. The van der Waals surface area contributed by atoms with Gasteiger partial charge in [0.05, 0.1) is 10.4 Å². The zero-order chi connectivity index (χ0) is 10.1. The lowest BCUT2D eigenvalue weighted by Crippen LogP contribution is -2.13. The molecule has 0 radical (unpaired) electrons. The van der Waals surface area contributed by atoms with Crippen LogP contribution in [0.2, 0.25) is 5.02 Å². The summed E-state index contributed by atoms with van der Waals surface area (Å²) >= 11 is 11.4. The van der Waals surface area contributed by atoms with Crippen LogP contribution in [0.15, 0.2) is 22.7 Å². The number of rotatable bonds is 1. The lowest BCUT2D eigenvalue weighted by molar-refractivity contribution is 0.718. The van der Waals surface area contributed by atoms with Gasteiger partial charge in [-0.25, -0.2) is 0 Å². The van der Waals surface area contributed by atoms with E-state index in [1.165, 1.54) is 5.56 Å². The standard InChI is InChI=1S/C10H11BrClNS/c1-6-5-13-10(14-6)7-2-3-8(11)9(12)4-7/h2-4,6,10,13H,5H2,1H3. The first-order valence-corrected chi connectivity index (χ1v) is 6.62. The first kappa shape index (κ1) is 10.8. The van der Waals surface area contributed by atoms with Crippen LogP contribution in [0.4, 0.5) is 0 Å². The minimum Gasteiger partial charge on any atom is -0.301 e. The summed E-state index contributed by atoms with van der Waals surface area (Å²) < 4.78 is 0.957. The van der Waals surface area contributed by atoms with Gasteiger partial charge in [0.1, 0.15) is 0 Å². The Morgan fingerprint density at radius 1 is 1.57 bits per heavy atom. The second-order valence-corrected chi connectivity index (χ2v) is 6.22. The average Bonchev–Trinajstić information content (AvgIpc) is 2.57. The Morgan fingerprint density at radius 3 is 2.93 bits per heavy atom. The number of benzene rings is 1. The van der Waals surface area contributed by atoms with Crippen molar-refractivity contribution < 1.29 is 0 Å². The van der Waals surface area contributed by atoms with Crippen LogP contribution in [0.3, 0.4) is 0 Å². The van der Waals surface area contributed by atoms with Crippen molar-refractivity contribution in [3.8, 4) is 0 Å². The molecule has 1 heterocycles. The van der Waals surface area contributed by atoms with Crippen LogP contribution >= 0.6 is 39.3 Å². The van der Waals surface area contributed by atoms with Crippen LogP contribution in [0.25, 0.3) is 0 Å². The van der Waals surface area contributed by atoms with Crippen molar-refractivity contribution in [1.82, 2.24) is 5.32 Å². The molecule has 0 aromatic heterocycles. The maximum absolute atomic E-state index is 6.04. The van der Waals surface area contributed by atoms with Gasteiger partial charge in [0.25, 0.3) is 0 Å². The Labute approximate surface area is 102 Å². The second kappa shape index (κ2) is 4.44. The zero-order valence-corrected chi connectivity index (χ0v) is 10.9. The second-order valence-electron chi connectivity index (χ2n) is 3.41. The molecule has 0 bridgehead atoms. The molecule has 2 atom stereocenters. The van der Waals surface area contributed by atoms with E-state index >= 15 is 0 Å². The number of hydrogen-bond acceptors (Lipinski definition) is 2. The van der Waals surface area contributed by atoms with E-state index < -0.39 is 0 Å². The highest BCUT2D eigenvalue weighted by atomic mass is 79.9. The fraction of sp³-hybridized carbons (Fsp3) is 0.400. The van der Waals surface area contributed by atoms with Crippen LogP contribution < -0.4 is 5.32 Å². The minimum atomic E-state index is 0.399. The smallest absolute Gasteiger partial charge is 0.0793 e. The van der Waals surface area contributed by atoms with E-state index in [4.69, 9.17) is 11.6 Å². The third kappa shape index (κ3) is 2.27. The van der Waals surface area contributed by atoms with Crippen molar-refractivity contribution in [1.29, 1.82) is 0 Å². The van der Waals surface area contributed by atoms with Crippen LogP contribution in [0.5, 0.6) is 0 Å². The van der Waals surface area contributed by atoms with Gasteiger partial charge in [-0.15, -0.1) is 11.8 Å². The fourth-order valence-electron chi connectivity index (χ4n) is 1.47. The molecule has 76 valence electrons. The Bertz CT molecular complexity index is 345. The van der Waals surface area contributed by atoms with E-state index in [1.807, 2.05) is 23.9 Å². The molecule has 2 rings (SSSR count). The van der Waals surface area contributed by atoms with Gasteiger partial charge < -0.3 is 5.32 Å². The lowest BCUT2D eigenvalue weighted by atomic mass is 10.2. The molecule has 14 heavy (non-hydrogen) atoms. The number of nitrogens with one attached hydrogen (secondary N) is 1. The van der Waals surface area contributed by atoms with E-state index in [2.05, 4.69) is 34.2 Å². The number of halogens is 2. The summed E-state index contributed by atoms with van der Waals surface area (Å²) in [5.41, 5.74) is 1.26. The van der Waals surface area contributed by atoms with Gasteiger partial charge in [0.15, 0.2) is 0 Å². The third-order valence-corrected chi connectivity index (χ3v) is 4.78. The predicted molar refractivity (Wildman–Crippen MR) is 66.9 cm³/mol. The van der Waals surface area contributed by atoms with Crippen LogP contribution in [-0.4, -0.2) is 11.8 Å². The van der Waals surface area contributed by atoms with Gasteiger partial charge in [0.2, 0.25) is 0 Å². The van der Waals surface area contributed by atoms with Gasteiger partial charge >= 0.3 is 0 Å². The third-order valence-electron chi connectivity index (χ3n) is 2.21. The number of hydrogen-bond donors (Lipinski definition) is 1. The van der Waals surface area contributed by atoms with Gasteiger partial charge in [-0.2, -0.15) is 0 Å². The van der Waals surface area contributed by atoms with Gasteiger partial charge in [-0.3, -0.25) is 0 Å². The van der Waals surface area contributed by atoms with Gasteiger partial charge in [-0.05, 0) is 33.6 Å². The highest BCUT2D eigenvalue weighted by molar-refractivity contribution is 9.10. The fourth-order valence-corrected chi connectivity index (χ4v) is 3.06. The molecule has 1 aromatic rings. The maximum Gasteiger partial charge on any atom is 0.0793 e. The van der Waals surface area contributed by atoms with Crippen molar-refractivity contribution in [2.24, 2.45) is 0 Å². The average molecular weight is 293 g/mol. The van der Waals surface area contributed by atoms with Crippen LogP contribution in [0.1, 0.15) is 17.9 Å². The molecule has 0 aliphatic carbocycles. The first-order valence-electron chi connectivity index (χ1n) is 4.50. The summed E-state index contributed by atoms with van der Waals surface area (Å²) in [7, 11) is 0. The summed E-state index contributed by atoms with van der Waals surface area (Å²) in [6, 6.07) is 6.13. The molecule has 1 aromatic carbocycles. The Balaban J connectivity index is 2.20. The summed E-state index contributed by atoms with van der Waals surface area (Å²) in [4.78, 5) is 0. The maximum atomic E-state index is 6.04. The zero-order valence-electron chi connectivity index (χ0n) is 7.76. The molecule has 0 saturated carbocycles. The highest BCUT2D eigenvalue weighted by Gasteiger charge is 2.22. The van der Waals surface area contributed by atoms with Crippen molar-refractivity contribution in [3.63, 3.8) is 0 Å². The molecule has 1 saturated heterocycles. The van der Waals surface area contributed by atoms with E-state index in [0.29, 0.717) is 10.6 Å².